The zero-order valence-electron chi connectivity index (χ0n) is 12.8. The van der Waals surface area contributed by atoms with Crippen molar-refractivity contribution >= 4 is 23.2 Å². The number of aromatic hydroxyl groups is 1. The van der Waals surface area contributed by atoms with Crippen molar-refractivity contribution in [3.63, 3.8) is 0 Å². The zero-order chi connectivity index (χ0) is 17.5. The summed E-state index contributed by atoms with van der Waals surface area (Å²) in [6, 6.07) is 9.03. The van der Waals surface area contributed by atoms with Crippen molar-refractivity contribution < 1.29 is 19.3 Å². The normalized spacial score (nSPS) is 12.2. The highest BCUT2D eigenvalue weighted by Crippen LogP contribution is 2.23. The number of phenols is 1. The highest BCUT2D eigenvalue weighted by atomic mass is 35.5. The third kappa shape index (κ3) is 5.83. The van der Waals surface area contributed by atoms with Crippen LogP contribution >= 0.6 is 23.2 Å². The van der Waals surface area contributed by atoms with Gasteiger partial charge in [0, 0.05) is 12.6 Å². The van der Waals surface area contributed by atoms with Gasteiger partial charge in [0.25, 0.3) is 0 Å². The molecule has 0 aliphatic heterocycles. The lowest BCUT2D eigenvalue weighted by molar-refractivity contribution is 0.104. The van der Waals surface area contributed by atoms with Crippen molar-refractivity contribution in [2.24, 2.45) is 0 Å². The van der Waals surface area contributed by atoms with E-state index in [1.165, 1.54) is 12.1 Å². The molecule has 3 N–H and O–H groups in total. The van der Waals surface area contributed by atoms with Crippen LogP contribution in [0.5, 0.6) is 11.5 Å². The summed E-state index contributed by atoms with van der Waals surface area (Å²) < 4.78 is 18.6. The van der Waals surface area contributed by atoms with E-state index in [-0.39, 0.29) is 18.1 Å². The molecule has 2 rings (SSSR count). The standard InChI is InChI=1S/C17H18Cl2FNO3/c18-14-3-1-11(7-15(14)19)5-6-21-9-13(23)10-24-17-4-2-12(22)8-16(17)20/h1-4,7-8,13,21-23H,5-6,9-10H2. The molecule has 0 bridgehead atoms. The second kappa shape index (κ2) is 9.08. The fourth-order valence-electron chi connectivity index (χ4n) is 2.05. The van der Waals surface area contributed by atoms with Crippen molar-refractivity contribution in [1.29, 1.82) is 0 Å². The lowest BCUT2D eigenvalue weighted by Gasteiger charge is -2.14. The van der Waals surface area contributed by atoms with Gasteiger partial charge in [-0.2, -0.15) is 0 Å². The van der Waals surface area contributed by atoms with Gasteiger partial charge in [-0.1, -0.05) is 29.3 Å². The van der Waals surface area contributed by atoms with Crippen LogP contribution in [0.3, 0.4) is 0 Å². The molecule has 2 aromatic carbocycles. The molecule has 0 heterocycles. The van der Waals surface area contributed by atoms with Crippen LogP contribution in [0.4, 0.5) is 4.39 Å². The molecule has 0 saturated carbocycles. The summed E-state index contributed by atoms with van der Waals surface area (Å²) in [6.45, 7) is 0.894. The topological polar surface area (TPSA) is 61.7 Å². The fraction of sp³-hybridized carbons (Fsp3) is 0.294. The Balaban J connectivity index is 1.67. The second-order valence-electron chi connectivity index (χ2n) is 5.28. The van der Waals surface area contributed by atoms with Crippen molar-refractivity contribution in [3.05, 3.63) is 57.8 Å². The quantitative estimate of drug-likeness (QED) is 0.620. The summed E-state index contributed by atoms with van der Waals surface area (Å²) in [7, 11) is 0. The number of rotatable bonds is 8. The number of benzene rings is 2. The molecule has 0 aliphatic carbocycles. The Morgan fingerprint density at radius 2 is 1.92 bits per heavy atom. The number of aliphatic hydroxyl groups is 1. The molecule has 1 atom stereocenters. The van der Waals surface area contributed by atoms with E-state index >= 15 is 0 Å². The van der Waals surface area contributed by atoms with Crippen molar-refractivity contribution in [1.82, 2.24) is 5.32 Å². The molecule has 2 aromatic rings. The van der Waals surface area contributed by atoms with Gasteiger partial charge in [-0.3, -0.25) is 0 Å². The molecule has 0 aromatic heterocycles. The van der Waals surface area contributed by atoms with E-state index in [0.717, 1.165) is 18.1 Å². The van der Waals surface area contributed by atoms with Crippen molar-refractivity contribution in [2.75, 3.05) is 19.7 Å². The predicted octanol–water partition coefficient (Wildman–Crippen LogP) is 3.41. The molecule has 0 fully saturated rings. The van der Waals surface area contributed by atoms with Gasteiger partial charge in [0.2, 0.25) is 0 Å². The Morgan fingerprint density at radius 1 is 1.12 bits per heavy atom. The predicted molar refractivity (Wildman–Crippen MR) is 92.6 cm³/mol. The van der Waals surface area contributed by atoms with E-state index in [2.05, 4.69) is 5.32 Å². The number of halogens is 3. The first-order valence-corrected chi connectivity index (χ1v) is 8.15. The van der Waals surface area contributed by atoms with E-state index in [4.69, 9.17) is 33.0 Å². The molecule has 0 radical (unpaired) electrons. The Hall–Kier alpha value is -1.53. The van der Waals surface area contributed by atoms with Crippen LogP contribution in [0.25, 0.3) is 0 Å². The van der Waals surface area contributed by atoms with Crippen LogP contribution in [0.1, 0.15) is 5.56 Å². The van der Waals surface area contributed by atoms with Crippen LogP contribution in [-0.4, -0.2) is 36.0 Å². The minimum atomic E-state index is -0.785. The Morgan fingerprint density at radius 3 is 2.62 bits per heavy atom. The Labute approximate surface area is 149 Å². The molecule has 0 amide bonds. The summed E-state index contributed by atoms with van der Waals surface area (Å²) >= 11 is 11.8. The van der Waals surface area contributed by atoms with Gasteiger partial charge in [-0.15, -0.1) is 0 Å². The number of hydrogen-bond acceptors (Lipinski definition) is 4. The number of ether oxygens (including phenoxy) is 1. The summed E-state index contributed by atoms with van der Waals surface area (Å²) in [5.41, 5.74) is 1.04. The third-order valence-corrected chi connectivity index (χ3v) is 4.04. The lowest BCUT2D eigenvalue weighted by atomic mass is 10.1. The van der Waals surface area contributed by atoms with Crippen molar-refractivity contribution in [3.8, 4) is 11.5 Å². The van der Waals surface area contributed by atoms with Gasteiger partial charge in [0.15, 0.2) is 11.6 Å². The van der Waals surface area contributed by atoms with Crippen LogP contribution < -0.4 is 10.1 Å². The summed E-state index contributed by atoms with van der Waals surface area (Å²) in [5, 5.41) is 23.1. The lowest BCUT2D eigenvalue weighted by Crippen LogP contribution is -2.32. The number of hydrogen-bond donors (Lipinski definition) is 3. The van der Waals surface area contributed by atoms with E-state index in [0.29, 0.717) is 23.1 Å². The first-order chi connectivity index (χ1) is 11.5. The van der Waals surface area contributed by atoms with Gasteiger partial charge in [-0.05, 0) is 42.8 Å². The van der Waals surface area contributed by atoms with Crippen LogP contribution in [0.2, 0.25) is 10.0 Å². The van der Waals surface area contributed by atoms with Gasteiger partial charge in [-0.25, -0.2) is 4.39 Å². The maximum Gasteiger partial charge on any atom is 0.168 e. The molecule has 24 heavy (non-hydrogen) atoms. The highest BCUT2D eigenvalue weighted by Gasteiger charge is 2.09. The Kier molecular flexibility index (Phi) is 7.12. The van der Waals surface area contributed by atoms with Crippen LogP contribution in [-0.2, 0) is 6.42 Å². The fourth-order valence-corrected chi connectivity index (χ4v) is 2.37. The average molecular weight is 374 g/mol. The van der Waals surface area contributed by atoms with Gasteiger partial charge >= 0.3 is 0 Å². The monoisotopic (exact) mass is 373 g/mol. The molecule has 0 aliphatic rings. The van der Waals surface area contributed by atoms with Gasteiger partial charge in [0.1, 0.15) is 18.5 Å². The molecule has 0 saturated heterocycles. The van der Waals surface area contributed by atoms with E-state index < -0.39 is 11.9 Å². The maximum absolute atomic E-state index is 13.5. The second-order valence-corrected chi connectivity index (χ2v) is 6.10. The average Bonchev–Trinajstić information content (AvgIpc) is 2.54. The third-order valence-electron chi connectivity index (χ3n) is 3.30. The minimum Gasteiger partial charge on any atom is -0.508 e. The summed E-state index contributed by atoms with van der Waals surface area (Å²) in [4.78, 5) is 0. The smallest absolute Gasteiger partial charge is 0.168 e. The first-order valence-electron chi connectivity index (χ1n) is 7.39. The molecular formula is C17H18Cl2FNO3. The summed E-state index contributed by atoms with van der Waals surface area (Å²) in [6.07, 6.45) is -0.0520. The van der Waals surface area contributed by atoms with E-state index in [9.17, 15) is 9.50 Å². The van der Waals surface area contributed by atoms with Gasteiger partial charge < -0.3 is 20.3 Å². The maximum atomic E-state index is 13.5. The molecule has 4 nitrogen and oxygen atoms in total. The molecule has 1 unspecified atom stereocenters. The molecular weight excluding hydrogens is 356 g/mol. The van der Waals surface area contributed by atoms with Crippen LogP contribution in [0, 0.1) is 5.82 Å². The highest BCUT2D eigenvalue weighted by molar-refractivity contribution is 6.42. The molecule has 130 valence electrons. The van der Waals surface area contributed by atoms with E-state index in [1.54, 1.807) is 12.1 Å². The number of phenolic OH excluding ortho intramolecular Hbond substituents is 1. The number of nitrogens with one attached hydrogen (secondary N) is 1. The Bertz CT molecular complexity index is 685. The first kappa shape index (κ1) is 18.8. The largest absolute Gasteiger partial charge is 0.508 e. The van der Waals surface area contributed by atoms with Crippen molar-refractivity contribution in [2.45, 2.75) is 12.5 Å². The van der Waals surface area contributed by atoms with E-state index in [1.807, 2.05) is 6.07 Å². The van der Waals surface area contributed by atoms with Crippen LogP contribution in [0.15, 0.2) is 36.4 Å². The zero-order valence-corrected chi connectivity index (χ0v) is 14.3. The minimum absolute atomic E-state index is 0.0114. The molecule has 0 spiro atoms. The number of aliphatic hydroxyl groups excluding tert-OH is 1. The summed E-state index contributed by atoms with van der Waals surface area (Å²) in [5.74, 6) is -0.859. The molecule has 7 heteroatoms. The van der Waals surface area contributed by atoms with Gasteiger partial charge in [0.05, 0.1) is 10.0 Å². The SMILES string of the molecule is Oc1ccc(OCC(O)CNCCc2ccc(Cl)c(Cl)c2)c(F)c1.